The summed E-state index contributed by atoms with van der Waals surface area (Å²) in [7, 11) is 0. The zero-order valence-corrected chi connectivity index (χ0v) is 9.73. The molecule has 4 heteroatoms. The largest absolute Gasteiger partial charge is 0.504 e. The number of amides is 1. The Morgan fingerprint density at radius 2 is 1.75 bits per heavy atom. The first-order valence-corrected chi connectivity index (χ1v) is 5.29. The van der Waals surface area contributed by atoms with Gasteiger partial charge in [0.25, 0.3) is 0 Å². The zero-order valence-electron chi connectivity index (χ0n) is 9.73. The van der Waals surface area contributed by atoms with Crippen LogP contribution in [-0.4, -0.2) is 22.7 Å². The van der Waals surface area contributed by atoms with Crippen molar-refractivity contribution >= 4 is 5.91 Å². The molecule has 0 spiro atoms. The number of aromatic hydroxyl groups is 2. The van der Waals surface area contributed by atoms with Crippen LogP contribution in [0.5, 0.6) is 11.5 Å². The molecular weight excluding hydrogens is 206 g/mol. The molecule has 0 aliphatic carbocycles. The number of carbonyl (C=O) groups is 1. The summed E-state index contributed by atoms with van der Waals surface area (Å²) in [6.45, 7) is 4.46. The molecule has 1 rings (SSSR count). The average Bonchev–Trinajstić information content (AvgIpc) is 2.23. The molecule has 0 aliphatic rings. The summed E-state index contributed by atoms with van der Waals surface area (Å²) in [5, 5.41) is 20.0. The average molecular weight is 225 g/mol. The van der Waals surface area contributed by atoms with Gasteiger partial charge in [0.15, 0.2) is 11.5 Å². The summed E-state index contributed by atoms with van der Waals surface area (Å²) in [6, 6.07) is 6.15. The van der Waals surface area contributed by atoms with Crippen LogP contribution in [0.1, 0.15) is 26.7 Å². The van der Waals surface area contributed by atoms with Crippen molar-refractivity contribution in [3.05, 3.63) is 24.3 Å². The molecule has 0 unspecified atom stereocenters. The summed E-state index contributed by atoms with van der Waals surface area (Å²) >= 11 is 0. The summed E-state index contributed by atoms with van der Waals surface area (Å²) in [5.74, 6) is -0.0848. The molecule has 1 aromatic rings. The smallest absolute Gasteiger partial charge is 0.216 e. The van der Waals surface area contributed by atoms with Gasteiger partial charge in [0, 0.05) is 13.5 Å². The molecule has 4 nitrogen and oxygen atoms in total. The molecule has 1 amide bonds. The third kappa shape index (κ3) is 7.67. The van der Waals surface area contributed by atoms with Crippen molar-refractivity contribution in [2.45, 2.75) is 26.7 Å². The predicted molar refractivity (Wildman–Crippen MR) is 63.4 cm³/mol. The first-order valence-electron chi connectivity index (χ1n) is 5.29. The van der Waals surface area contributed by atoms with Gasteiger partial charge in [-0.25, -0.2) is 0 Å². The van der Waals surface area contributed by atoms with E-state index in [0.717, 1.165) is 19.4 Å². The van der Waals surface area contributed by atoms with Crippen molar-refractivity contribution < 1.29 is 15.0 Å². The van der Waals surface area contributed by atoms with E-state index in [-0.39, 0.29) is 17.4 Å². The maximum atomic E-state index is 10.2. The van der Waals surface area contributed by atoms with Gasteiger partial charge in [-0.3, -0.25) is 4.79 Å². The van der Waals surface area contributed by atoms with E-state index in [1.165, 1.54) is 19.1 Å². The lowest BCUT2D eigenvalue weighted by molar-refractivity contribution is -0.118. The third-order valence-electron chi connectivity index (χ3n) is 1.79. The second kappa shape index (κ2) is 8.59. The molecule has 0 radical (unpaired) electrons. The molecule has 0 heterocycles. The molecule has 0 bridgehead atoms. The Balaban J connectivity index is 0.000000281. The monoisotopic (exact) mass is 225 g/mol. The standard InChI is InChI=1S/C6H13NO.C6H6O2/c1-3-4-5-7-6(2)8;7-5-3-1-2-4-6(5)8/h3-5H2,1-2H3,(H,7,8);1-4,7-8H. The molecular formula is C12H19NO3. The van der Waals surface area contributed by atoms with E-state index in [1.54, 1.807) is 12.1 Å². The van der Waals surface area contributed by atoms with Crippen molar-refractivity contribution in [2.75, 3.05) is 6.54 Å². The summed E-state index contributed by atoms with van der Waals surface area (Å²) in [4.78, 5) is 10.2. The van der Waals surface area contributed by atoms with Crippen molar-refractivity contribution in [1.29, 1.82) is 0 Å². The van der Waals surface area contributed by atoms with Crippen LogP contribution in [0.25, 0.3) is 0 Å². The van der Waals surface area contributed by atoms with Crippen LogP contribution in [0.4, 0.5) is 0 Å². The van der Waals surface area contributed by atoms with E-state index in [9.17, 15) is 4.79 Å². The van der Waals surface area contributed by atoms with Crippen LogP contribution in [-0.2, 0) is 4.79 Å². The highest BCUT2D eigenvalue weighted by molar-refractivity contribution is 5.72. The van der Waals surface area contributed by atoms with Crippen LogP contribution < -0.4 is 5.32 Å². The topological polar surface area (TPSA) is 69.6 Å². The van der Waals surface area contributed by atoms with Crippen molar-refractivity contribution in [1.82, 2.24) is 5.32 Å². The van der Waals surface area contributed by atoms with Gasteiger partial charge in [0.1, 0.15) is 0 Å². The number of phenolic OH excluding ortho intramolecular Hbond substituents is 2. The SMILES string of the molecule is CCCCNC(C)=O.Oc1ccccc1O. The fourth-order valence-corrected chi connectivity index (χ4v) is 0.905. The van der Waals surface area contributed by atoms with Crippen molar-refractivity contribution in [3.8, 4) is 11.5 Å². The number of phenols is 2. The van der Waals surface area contributed by atoms with E-state index in [1.807, 2.05) is 0 Å². The number of para-hydroxylation sites is 2. The molecule has 0 atom stereocenters. The Labute approximate surface area is 95.9 Å². The molecule has 0 fully saturated rings. The molecule has 0 aliphatic heterocycles. The van der Waals surface area contributed by atoms with Gasteiger partial charge in [-0.1, -0.05) is 25.5 Å². The number of hydrogen-bond donors (Lipinski definition) is 3. The first-order chi connectivity index (χ1) is 7.57. The molecule has 1 aromatic carbocycles. The quantitative estimate of drug-likeness (QED) is 0.544. The van der Waals surface area contributed by atoms with Gasteiger partial charge in [0.05, 0.1) is 0 Å². The van der Waals surface area contributed by atoms with Gasteiger partial charge in [0.2, 0.25) is 5.91 Å². The van der Waals surface area contributed by atoms with Crippen LogP contribution in [0.3, 0.4) is 0 Å². The van der Waals surface area contributed by atoms with Gasteiger partial charge >= 0.3 is 0 Å². The third-order valence-corrected chi connectivity index (χ3v) is 1.79. The van der Waals surface area contributed by atoms with Crippen molar-refractivity contribution in [3.63, 3.8) is 0 Å². The minimum Gasteiger partial charge on any atom is -0.504 e. The second-order valence-corrected chi connectivity index (χ2v) is 3.33. The number of carbonyl (C=O) groups excluding carboxylic acids is 1. The van der Waals surface area contributed by atoms with Crippen molar-refractivity contribution in [2.24, 2.45) is 0 Å². The summed E-state index contributed by atoms with van der Waals surface area (Å²) < 4.78 is 0. The maximum absolute atomic E-state index is 10.2. The highest BCUT2D eigenvalue weighted by atomic mass is 16.3. The van der Waals surface area contributed by atoms with E-state index in [2.05, 4.69) is 12.2 Å². The molecule has 0 saturated heterocycles. The Hall–Kier alpha value is -1.71. The first kappa shape index (κ1) is 14.3. The lowest BCUT2D eigenvalue weighted by Crippen LogP contribution is -2.20. The van der Waals surface area contributed by atoms with Gasteiger partial charge in [-0.05, 0) is 18.6 Å². The predicted octanol–water partition coefficient (Wildman–Crippen LogP) is 2.02. The van der Waals surface area contributed by atoms with Gasteiger partial charge in [-0.15, -0.1) is 0 Å². The Morgan fingerprint density at radius 3 is 2.06 bits per heavy atom. The normalized spacial score (nSPS) is 8.88. The van der Waals surface area contributed by atoms with E-state index in [0.29, 0.717) is 0 Å². The number of rotatable bonds is 3. The number of nitrogens with one attached hydrogen (secondary N) is 1. The minimum absolute atomic E-state index is 0.0680. The Bertz CT molecular complexity index is 292. The number of hydrogen-bond acceptors (Lipinski definition) is 3. The van der Waals surface area contributed by atoms with Gasteiger partial charge < -0.3 is 15.5 Å². The summed E-state index contributed by atoms with van der Waals surface area (Å²) in [6.07, 6.45) is 2.22. The number of benzene rings is 1. The minimum atomic E-state index is -0.0764. The molecule has 0 aromatic heterocycles. The lowest BCUT2D eigenvalue weighted by atomic mass is 10.3. The Kier molecular flexibility index (Phi) is 7.67. The molecule has 90 valence electrons. The zero-order chi connectivity index (χ0) is 12.4. The molecule has 16 heavy (non-hydrogen) atoms. The fourth-order valence-electron chi connectivity index (χ4n) is 0.905. The lowest BCUT2D eigenvalue weighted by Gasteiger charge is -1.96. The summed E-state index contributed by atoms with van der Waals surface area (Å²) in [5.41, 5.74) is 0. The van der Waals surface area contributed by atoms with Crippen LogP contribution in [0.15, 0.2) is 24.3 Å². The fraction of sp³-hybridized carbons (Fsp3) is 0.417. The maximum Gasteiger partial charge on any atom is 0.216 e. The number of unbranched alkanes of at least 4 members (excludes halogenated alkanes) is 1. The highest BCUT2D eigenvalue weighted by Gasteiger charge is 1.90. The van der Waals surface area contributed by atoms with E-state index >= 15 is 0 Å². The highest BCUT2D eigenvalue weighted by Crippen LogP contribution is 2.21. The van der Waals surface area contributed by atoms with Gasteiger partial charge in [-0.2, -0.15) is 0 Å². The molecule has 3 N–H and O–H groups in total. The van der Waals surface area contributed by atoms with Crippen LogP contribution >= 0.6 is 0 Å². The van der Waals surface area contributed by atoms with Crippen LogP contribution in [0.2, 0.25) is 0 Å². The van der Waals surface area contributed by atoms with Crippen LogP contribution in [0, 0.1) is 0 Å². The van der Waals surface area contributed by atoms with E-state index < -0.39 is 0 Å². The molecule has 0 saturated carbocycles. The van der Waals surface area contributed by atoms with E-state index in [4.69, 9.17) is 10.2 Å². The second-order valence-electron chi connectivity index (χ2n) is 3.33. The Morgan fingerprint density at radius 1 is 1.25 bits per heavy atom.